The number of hydrogen-bond donors (Lipinski definition) is 1. The van der Waals surface area contributed by atoms with Gasteiger partial charge in [-0.05, 0) is 31.0 Å². The van der Waals surface area contributed by atoms with E-state index in [9.17, 15) is 22.4 Å². The van der Waals surface area contributed by atoms with Crippen LogP contribution in [0.3, 0.4) is 0 Å². The molecule has 1 aromatic carbocycles. The van der Waals surface area contributed by atoms with E-state index in [1.165, 1.54) is 29.1 Å². The van der Waals surface area contributed by atoms with Crippen LogP contribution in [-0.4, -0.2) is 25.5 Å². The first-order chi connectivity index (χ1) is 14.2. The summed E-state index contributed by atoms with van der Waals surface area (Å²) in [4.78, 5) is 12.3. The molecule has 1 saturated carbocycles. The number of hydrogen-bond acceptors (Lipinski definition) is 3. The van der Waals surface area contributed by atoms with Gasteiger partial charge in [-0.1, -0.05) is 17.7 Å². The normalized spacial score (nSPS) is 14.2. The molecular formula is C19H16ClF4N5O. The lowest BCUT2D eigenvalue weighted by Crippen LogP contribution is -2.21. The first kappa shape index (κ1) is 20.4. The Kier molecular flexibility index (Phi) is 5.27. The Morgan fingerprint density at radius 1 is 1.23 bits per heavy atom. The van der Waals surface area contributed by atoms with Crippen LogP contribution < -0.4 is 5.32 Å². The minimum absolute atomic E-state index is 0.00822. The predicted molar refractivity (Wildman–Crippen MR) is 101 cm³/mol. The van der Waals surface area contributed by atoms with Gasteiger partial charge in [-0.2, -0.15) is 23.4 Å². The second-order valence-corrected chi connectivity index (χ2v) is 7.44. The van der Waals surface area contributed by atoms with E-state index in [0.29, 0.717) is 5.69 Å². The van der Waals surface area contributed by atoms with Gasteiger partial charge in [0.2, 0.25) is 5.91 Å². The Balaban J connectivity index is 1.44. The van der Waals surface area contributed by atoms with Crippen LogP contribution >= 0.6 is 11.6 Å². The van der Waals surface area contributed by atoms with Crippen molar-refractivity contribution < 1.29 is 22.4 Å². The maximum Gasteiger partial charge on any atom is 0.435 e. The summed E-state index contributed by atoms with van der Waals surface area (Å²) in [6.45, 7) is -0.310. The number of alkyl halides is 3. The van der Waals surface area contributed by atoms with Gasteiger partial charge < -0.3 is 5.32 Å². The number of anilines is 1. The van der Waals surface area contributed by atoms with E-state index in [1.54, 1.807) is 6.07 Å². The average molecular weight is 442 g/mol. The highest BCUT2D eigenvalue weighted by Crippen LogP contribution is 2.42. The molecule has 0 aliphatic heterocycles. The van der Waals surface area contributed by atoms with Gasteiger partial charge in [0, 0.05) is 34.5 Å². The summed E-state index contributed by atoms with van der Waals surface area (Å²) in [5.74, 6) is -0.868. The number of rotatable bonds is 6. The zero-order valence-corrected chi connectivity index (χ0v) is 16.2. The standard InChI is InChI=1S/C19H16ClF4N5O/c20-13-2-1-3-14(21)12(13)9-28-7-6-17(27-28)25-18(30)10-29-15(11-4-5-11)8-16(26-29)19(22,23)24/h1-3,6-8,11H,4-5,9-10H2,(H,25,27,30). The number of amides is 1. The molecule has 2 heterocycles. The van der Waals surface area contributed by atoms with Gasteiger partial charge in [-0.25, -0.2) is 4.39 Å². The van der Waals surface area contributed by atoms with Crippen molar-refractivity contribution in [3.8, 4) is 0 Å². The van der Waals surface area contributed by atoms with Gasteiger partial charge >= 0.3 is 6.18 Å². The molecule has 1 fully saturated rings. The van der Waals surface area contributed by atoms with Crippen molar-refractivity contribution in [3.63, 3.8) is 0 Å². The van der Waals surface area contributed by atoms with Crippen molar-refractivity contribution in [2.45, 2.75) is 38.0 Å². The Labute approximate surface area is 173 Å². The van der Waals surface area contributed by atoms with Crippen molar-refractivity contribution in [2.75, 3.05) is 5.32 Å². The highest BCUT2D eigenvalue weighted by molar-refractivity contribution is 6.31. The van der Waals surface area contributed by atoms with Crippen molar-refractivity contribution in [3.05, 3.63) is 64.3 Å². The number of nitrogens with zero attached hydrogens (tertiary/aromatic N) is 4. The Bertz CT molecular complexity index is 1070. The molecule has 1 aliphatic carbocycles. The lowest BCUT2D eigenvalue weighted by Gasteiger charge is -2.07. The van der Waals surface area contributed by atoms with E-state index in [2.05, 4.69) is 15.5 Å². The molecule has 3 aromatic rings. The van der Waals surface area contributed by atoms with E-state index < -0.39 is 23.6 Å². The molecule has 4 rings (SSSR count). The third-order valence-corrected chi connectivity index (χ3v) is 5.03. The fourth-order valence-electron chi connectivity index (χ4n) is 3.08. The SMILES string of the molecule is O=C(Cn1nc(C(F)(F)F)cc1C1CC1)Nc1ccn(Cc2c(F)cccc2Cl)n1. The molecule has 0 spiro atoms. The second-order valence-electron chi connectivity index (χ2n) is 7.03. The van der Waals surface area contributed by atoms with Crippen LogP contribution in [0.15, 0.2) is 36.5 Å². The first-order valence-corrected chi connectivity index (χ1v) is 9.49. The number of nitrogens with one attached hydrogen (secondary N) is 1. The Morgan fingerprint density at radius 2 is 2.00 bits per heavy atom. The third-order valence-electron chi connectivity index (χ3n) is 4.68. The molecular weight excluding hydrogens is 426 g/mol. The molecule has 0 saturated heterocycles. The van der Waals surface area contributed by atoms with Gasteiger partial charge in [0.25, 0.3) is 0 Å². The lowest BCUT2D eigenvalue weighted by atomic mass is 10.2. The first-order valence-electron chi connectivity index (χ1n) is 9.12. The van der Waals surface area contributed by atoms with Crippen molar-refractivity contribution in [1.29, 1.82) is 0 Å². The van der Waals surface area contributed by atoms with Gasteiger partial charge in [-0.15, -0.1) is 0 Å². The largest absolute Gasteiger partial charge is 0.435 e. The number of halogens is 5. The molecule has 158 valence electrons. The average Bonchev–Trinajstić information content (AvgIpc) is 3.26. The van der Waals surface area contributed by atoms with E-state index in [4.69, 9.17) is 11.6 Å². The van der Waals surface area contributed by atoms with Crippen LogP contribution in [0.1, 0.15) is 35.7 Å². The lowest BCUT2D eigenvalue weighted by molar-refractivity contribution is -0.141. The molecule has 1 amide bonds. The molecule has 6 nitrogen and oxygen atoms in total. The van der Waals surface area contributed by atoms with E-state index in [-0.39, 0.29) is 35.4 Å². The van der Waals surface area contributed by atoms with E-state index in [1.807, 2.05) is 0 Å². The zero-order valence-electron chi connectivity index (χ0n) is 15.5. The number of benzene rings is 1. The fraction of sp³-hybridized carbons (Fsp3) is 0.316. The van der Waals surface area contributed by atoms with Gasteiger partial charge in [0.05, 0.1) is 6.54 Å². The molecule has 1 N–H and O–H groups in total. The van der Waals surface area contributed by atoms with Crippen LogP contribution in [0, 0.1) is 5.82 Å². The van der Waals surface area contributed by atoms with Crippen LogP contribution in [0.2, 0.25) is 5.02 Å². The minimum atomic E-state index is -4.57. The van der Waals surface area contributed by atoms with E-state index >= 15 is 0 Å². The molecule has 0 bridgehead atoms. The quantitative estimate of drug-likeness (QED) is 0.575. The highest BCUT2D eigenvalue weighted by atomic mass is 35.5. The topological polar surface area (TPSA) is 64.7 Å². The van der Waals surface area contributed by atoms with Gasteiger partial charge in [0.1, 0.15) is 12.4 Å². The molecule has 1 aliphatic rings. The second kappa shape index (κ2) is 7.75. The molecule has 11 heteroatoms. The van der Waals surface area contributed by atoms with Gasteiger partial charge in [-0.3, -0.25) is 14.2 Å². The highest BCUT2D eigenvalue weighted by Gasteiger charge is 2.38. The fourth-order valence-corrected chi connectivity index (χ4v) is 3.31. The van der Waals surface area contributed by atoms with Crippen LogP contribution in [-0.2, 0) is 24.1 Å². The minimum Gasteiger partial charge on any atom is -0.308 e. The van der Waals surface area contributed by atoms with Crippen molar-refractivity contribution in [2.24, 2.45) is 0 Å². The maximum atomic E-state index is 13.9. The summed E-state index contributed by atoms with van der Waals surface area (Å²) < 4.78 is 55.3. The summed E-state index contributed by atoms with van der Waals surface area (Å²) in [5, 5.41) is 10.5. The molecule has 2 aromatic heterocycles. The summed E-state index contributed by atoms with van der Waals surface area (Å²) >= 11 is 6.00. The summed E-state index contributed by atoms with van der Waals surface area (Å²) in [6, 6.07) is 6.83. The summed E-state index contributed by atoms with van der Waals surface area (Å²) in [5.41, 5.74) is -0.356. The number of carbonyl (C=O) groups is 1. The maximum absolute atomic E-state index is 13.9. The third kappa shape index (κ3) is 4.48. The molecule has 30 heavy (non-hydrogen) atoms. The molecule has 0 radical (unpaired) electrons. The summed E-state index contributed by atoms with van der Waals surface area (Å²) in [6.07, 6.45) is -1.50. The van der Waals surface area contributed by atoms with Crippen LogP contribution in [0.4, 0.5) is 23.4 Å². The number of carbonyl (C=O) groups excluding carboxylic acids is 1. The monoisotopic (exact) mass is 441 g/mol. The number of aromatic nitrogens is 4. The van der Waals surface area contributed by atoms with Crippen molar-refractivity contribution >= 4 is 23.3 Å². The molecule has 0 unspecified atom stereocenters. The predicted octanol–water partition coefficient (Wildman–Crippen LogP) is 4.46. The Hall–Kier alpha value is -2.88. The van der Waals surface area contributed by atoms with Gasteiger partial charge in [0.15, 0.2) is 11.5 Å². The van der Waals surface area contributed by atoms with Crippen molar-refractivity contribution in [1.82, 2.24) is 19.6 Å². The smallest absolute Gasteiger partial charge is 0.308 e. The van der Waals surface area contributed by atoms with Crippen LogP contribution in [0.25, 0.3) is 0 Å². The summed E-state index contributed by atoms with van der Waals surface area (Å²) in [7, 11) is 0. The Morgan fingerprint density at radius 3 is 2.67 bits per heavy atom. The molecule has 0 atom stereocenters. The zero-order chi connectivity index (χ0) is 21.5. The van der Waals surface area contributed by atoms with Crippen LogP contribution in [0.5, 0.6) is 0 Å². The van der Waals surface area contributed by atoms with E-state index in [0.717, 1.165) is 23.6 Å².